The summed E-state index contributed by atoms with van der Waals surface area (Å²) in [6.45, 7) is 0.492. The van der Waals surface area contributed by atoms with Crippen LogP contribution in [0.3, 0.4) is 0 Å². The molecule has 2 N–H and O–H groups in total. The maximum Gasteiger partial charge on any atom is 0.148 e. The molecule has 0 radical (unpaired) electrons. The van der Waals surface area contributed by atoms with Crippen LogP contribution in [-0.2, 0) is 14.2 Å². The molecule has 5 heteroatoms. The van der Waals surface area contributed by atoms with Crippen LogP contribution < -0.4 is 5.32 Å². The molecular formula is C11H19NO4. The van der Waals surface area contributed by atoms with Crippen LogP contribution in [0, 0.1) is 0 Å². The summed E-state index contributed by atoms with van der Waals surface area (Å²) < 4.78 is 15.8. The zero-order valence-electron chi connectivity index (χ0n) is 9.95. The predicted octanol–water partition coefficient (Wildman–Crippen LogP) is 0.375. The van der Waals surface area contributed by atoms with Crippen LogP contribution in [0.1, 0.15) is 6.42 Å². The number of ether oxygens (including phenoxy) is 3. The summed E-state index contributed by atoms with van der Waals surface area (Å²) in [5.74, 6) is 1.45. The van der Waals surface area contributed by atoms with E-state index in [2.05, 4.69) is 5.32 Å². The van der Waals surface area contributed by atoms with Crippen molar-refractivity contribution in [1.82, 2.24) is 5.32 Å². The van der Waals surface area contributed by atoms with Crippen LogP contribution in [0.5, 0.6) is 0 Å². The summed E-state index contributed by atoms with van der Waals surface area (Å²) in [5, 5.41) is 12.0. The largest absolute Gasteiger partial charge is 0.501 e. The Morgan fingerprint density at radius 1 is 1.38 bits per heavy atom. The number of rotatable bonds is 6. The highest BCUT2D eigenvalue weighted by molar-refractivity contribution is 5.27. The molecule has 0 aromatic carbocycles. The molecule has 0 fully saturated rings. The second kappa shape index (κ2) is 5.89. The molecule has 0 aromatic rings. The van der Waals surface area contributed by atoms with Crippen molar-refractivity contribution < 1.29 is 19.3 Å². The smallest absolute Gasteiger partial charge is 0.148 e. The Morgan fingerprint density at radius 2 is 2.12 bits per heavy atom. The van der Waals surface area contributed by atoms with Gasteiger partial charge in [-0.05, 0) is 0 Å². The van der Waals surface area contributed by atoms with Gasteiger partial charge in [0.1, 0.15) is 17.2 Å². The molecule has 0 heterocycles. The molecule has 0 bridgehead atoms. The standard InChI is InChI=1S/C11H19NO4/c1-14-9-6-10(15-2)8-11(7-9,16-3)12-4-5-13/h6-7,12-13H,4-5,8H2,1-3H3. The summed E-state index contributed by atoms with van der Waals surface area (Å²) in [4.78, 5) is 0. The number of aliphatic hydroxyl groups excluding tert-OH is 1. The number of nitrogens with one attached hydrogen (secondary N) is 1. The quantitative estimate of drug-likeness (QED) is 0.645. The van der Waals surface area contributed by atoms with Crippen LogP contribution in [0.4, 0.5) is 0 Å². The molecule has 1 rings (SSSR count). The zero-order valence-corrected chi connectivity index (χ0v) is 9.95. The van der Waals surface area contributed by atoms with Crippen molar-refractivity contribution in [1.29, 1.82) is 0 Å². The van der Waals surface area contributed by atoms with Gasteiger partial charge in [0.15, 0.2) is 0 Å². The van der Waals surface area contributed by atoms with Gasteiger partial charge >= 0.3 is 0 Å². The second-order valence-electron chi connectivity index (χ2n) is 3.49. The molecule has 1 aliphatic carbocycles. The fraction of sp³-hybridized carbons (Fsp3) is 0.636. The maximum absolute atomic E-state index is 8.84. The lowest BCUT2D eigenvalue weighted by atomic mass is 10.0. The topological polar surface area (TPSA) is 60.0 Å². The Morgan fingerprint density at radius 3 is 2.62 bits per heavy atom. The number of hydrogen-bond acceptors (Lipinski definition) is 5. The van der Waals surface area contributed by atoms with Crippen molar-refractivity contribution in [3.63, 3.8) is 0 Å². The lowest BCUT2D eigenvalue weighted by Gasteiger charge is -2.33. The minimum Gasteiger partial charge on any atom is -0.501 e. The molecule has 1 aliphatic rings. The number of allylic oxidation sites excluding steroid dienone is 1. The number of methoxy groups -OCH3 is 3. The van der Waals surface area contributed by atoms with E-state index in [4.69, 9.17) is 19.3 Å². The van der Waals surface area contributed by atoms with Gasteiger partial charge in [-0.15, -0.1) is 0 Å². The van der Waals surface area contributed by atoms with Crippen LogP contribution >= 0.6 is 0 Å². The minimum absolute atomic E-state index is 0.0489. The highest BCUT2D eigenvalue weighted by Crippen LogP contribution is 2.27. The van der Waals surface area contributed by atoms with E-state index in [1.807, 2.05) is 12.2 Å². The molecular weight excluding hydrogens is 210 g/mol. The fourth-order valence-electron chi connectivity index (χ4n) is 1.62. The molecule has 1 atom stereocenters. The van der Waals surface area contributed by atoms with Crippen molar-refractivity contribution in [2.75, 3.05) is 34.5 Å². The molecule has 0 amide bonds. The third kappa shape index (κ3) is 2.98. The monoisotopic (exact) mass is 229 g/mol. The van der Waals surface area contributed by atoms with Crippen LogP contribution in [-0.4, -0.2) is 45.3 Å². The highest BCUT2D eigenvalue weighted by atomic mass is 16.5. The minimum atomic E-state index is -0.672. The Labute approximate surface area is 95.7 Å². The van der Waals surface area contributed by atoms with Crippen molar-refractivity contribution >= 4 is 0 Å². The summed E-state index contributed by atoms with van der Waals surface area (Å²) in [5.41, 5.74) is -0.672. The number of aliphatic hydroxyl groups is 1. The predicted molar refractivity (Wildman–Crippen MR) is 59.6 cm³/mol. The van der Waals surface area contributed by atoms with Crippen molar-refractivity contribution in [2.45, 2.75) is 12.1 Å². The lowest BCUT2D eigenvalue weighted by molar-refractivity contribution is -0.0144. The van der Waals surface area contributed by atoms with E-state index in [1.165, 1.54) is 0 Å². The first-order valence-corrected chi connectivity index (χ1v) is 5.12. The first-order chi connectivity index (χ1) is 7.69. The Balaban J connectivity index is 2.86. The van der Waals surface area contributed by atoms with E-state index in [-0.39, 0.29) is 6.61 Å². The SMILES string of the molecule is COC1=CC(NCCO)(OC)CC(OC)=C1. The molecule has 0 spiro atoms. The van der Waals surface area contributed by atoms with E-state index < -0.39 is 5.72 Å². The fourth-order valence-corrected chi connectivity index (χ4v) is 1.62. The van der Waals surface area contributed by atoms with Gasteiger partial charge in [0, 0.05) is 25.8 Å². The van der Waals surface area contributed by atoms with E-state index >= 15 is 0 Å². The Bertz CT molecular complexity index is 288. The van der Waals surface area contributed by atoms with Crippen LogP contribution in [0.2, 0.25) is 0 Å². The molecule has 0 saturated heterocycles. The highest BCUT2D eigenvalue weighted by Gasteiger charge is 2.32. The molecule has 1 unspecified atom stereocenters. The summed E-state index contributed by atoms with van der Waals surface area (Å²) in [6, 6.07) is 0. The van der Waals surface area contributed by atoms with E-state index in [9.17, 15) is 0 Å². The third-order valence-electron chi connectivity index (χ3n) is 2.51. The first-order valence-electron chi connectivity index (χ1n) is 5.12. The van der Waals surface area contributed by atoms with Gasteiger partial charge in [0.05, 0.1) is 27.2 Å². The maximum atomic E-state index is 8.84. The van der Waals surface area contributed by atoms with Gasteiger partial charge in [-0.1, -0.05) is 0 Å². The van der Waals surface area contributed by atoms with Crippen molar-refractivity contribution in [3.8, 4) is 0 Å². The summed E-state index contributed by atoms with van der Waals surface area (Å²) >= 11 is 0. The van der Waals surface area contributed by atoms with E-state index in [0.29, 0.717) is 18.7 Å². The molecule has 5 nitrogen and oxygen atoms in total. The van der Waals surface area contributed by atoms with Gasteiger partial charge in [-0.25, -0.2) is 0 Å². The first kappa shape index (κ1) is 13.0. The van der Waals surface area contributed by atoms with Crippen molar-refractivity contribution in [3.05, 3.63) is 23.7 Å². The summed E-state index contributed by atoms with van der Waals surface area (Å²) in [7, 11) is 4.80. The van der Waals surface area contributed by atoms with Crippen molar-refractivity contribution in [2.24, 2.45) is 0 Å². The van der Waals surface area contributed by atoms with Crippen LogP contribution in [0.15, 0.2) is 23.7 Å². The van der Waals surface area contributed by atoms with Gasteiger partial charge in [0.25, 0.3) is 0 Å². The molecule has 0 aliphatic heterocycles. The zero-order chi connectivity index (χ0) is 12.0. The average molecular weight is 229 g/mol. The van der Waals surface area contributed by atoms with E-state index in [1.54, 1.807) is 21.3 Å². The molecule has 0 aromatic heterocycles. The molecule has 16 heavy (non-hydrogen) atoms. The third-order valence-corrected chi connectivity index (χ3v) is 2.51. The van der Waals surface area contributed by atoms with Crippen LogP contribution in [0.25, 0.3) is 0 Å². The summed E-state index contributed by atoms with van der Waals surface area (Å²) in [6.07, 6.45) is 4.22. The molecule has 92 valence electrons. The van der Waals surface area contributed by atoms with Gasteiger partial charge in [0.2, 0.25) is 0 Å². The van der Waals surface area contributed by atoms with Gasteiger partial charge in [-0.3, -0.25) is 5.32 Å². The van der Waals surface area contributed by atoms with E-state index in [0.717, 1.165) is 5.76 Å². The molecule has 0 saturated carbocycles. The average Bonchev–Trinajstić information content (AvgIpc) is 2.35. The normalized spacial score (nSPS) is 24.8. The van der Waals surface area contributed by atoms with Gasteiger partial charge in [-0.2, -0.15) is 0 Å². The Kier molecular flexibility index (Phi) is 4.79. The van der Waals surface area contributed by atoms with Gasteiger partial charge < -0.3 is 19.3 Å². The second-order valence-corrected chi connectivity index (χ2v) is 3.49. The lowest BCUT2D eigenvalue weighted by Crippen LogP contribution is -2.48. The number of hydrogen-bond donors (Lipinski definition) is 2. The Hall–Kier alpha value is -1.04.